The van der Waals surface area contributed by atoms with Gasteiger partial charge in [-0.1, -0.05) is 86.3 Å². The number of halogens is 1. The van der Waals surface area contributed by atoms with Crippen molar-refractivity contribution in [2.45, 2.75) is 82.8 Å². The van der Waals surface area contributed by atoms with E-state index in [0.717, 1.165) is 53.1 Å². The van der Waals surface area contributed by atoms with Crippen LogP contribution < -0.4 is 9.62 Å². The Morgan fingerprint density at radius 1 is 0.929 bits per heavy atom. The van der Waals surface area contributed by atoms with Gasteiger partial charge in [0, 0.05) is 17.6 Å². The van der Waals surface area contributed by atoms with E-state index in [9.17, 15) is 18.0 Å². The molecule has 0 bridgehead atoms. The standard InChI is InChI=1S/C33H40ClN3O4S/c1-4-31(33(39)35-27-15-7-5-8-16-27)36(22-26-14-12-11-13-24(26)2)32(38)23-37(28-20-19-25(3)30(34)21-28)42(40,41)29-17-9-6-10-18-29/h6,9-14,17-21,27,31H,4-5,7-8,15-16,22-23H2,1-3H3,(H,35,39)/t31-/m0/s1. The number of nitrogens with one attached hydrogen (secondary N) is 1. The van der Waals surface area contributed by atoms with Crippen molar-refractivity contribution >= 4 is 39.1 Å². The molecule has 42 heavy (non-hydrogen) atoms. The van der Waals surface area contributed by atoms with Gasteiger partial charge in [-0.25, -0.2) is 8.42 Å². The lowest BCUT2D eigenvalue weighted by Crippen LogP contribution is -2.54. The predicted molar refractivity (Wildman–Crippen MR) is 168 cm³/mol. The number of carbonyl (C=O) groups is 2. The van der Waals surface area contributed by atoms with Gasteiger partial charge < -0.3 is 10.2 Å². The Bertz CT molecular complexity index is 1490. The topological polar surface area (TPSA) is 86.8 Å². The average molecular weight is 610 g/mol. The van der Waals surface area contributed by atoms with Crippen LogP contribution in [-0.2, 0) is 26.2 Å². The number of aryl methyl sites for hydroxylation is 2. The highest BCUT2D eigenvalue weighted by Gasteiger charge is 2.34. The maximum Gasteiger partial charge on any atom is 0.264 e. The molecule has 3 aromatic rings. The van der Waals surface area contributed by atoms with Crippen LogP contribution in [0.15, 0.2) is 77.7 Å². The van der Waals surface area contributed by atoms with E-state index in [1.807, 2.05) is 45.0 Å². The third-order valence-electron chi connectivity index (χ3n) is 7.99. The number of sulfonamides is 1. The first-order chi connectivity index (χ1) is 20.1. The molecule has 1 N–H and O–H groups in total. The van der Waals surface area contributed by atoms with Crippen LogP contribution in [0, 0.1) is 13.8 Å². The monoisotopic (exact) mass is 609 g/mol. The lowest BCUT2D eigenvalue weighted by Gasteiger charge is -2.34. The van der Waals surface area contributed by atoms with Gasteiger partial charge in [-0.2, -0.15) is 0 Å². The molecule has 0 radical (unpaired) electrons. The van der Waals surface area contributed by atoms with Crippen LogP contribution in [-0.4, -0.2) is 43.8 Å². The van der Waals surface area contributed by atoms with E-state index >= 15 is 0 Å². The summed E-state index contributed by atoms with van der Waals surface area (Å²) in [6, 6.07) is 20.0. The Balaban J connectivity index is 1.72. The average Bonchev–Trinajstić information content (AvgIpc) is 2.99. The van der Waals surface area contributed by atoms with E-state index < -0.39 is 28.5 Å². The fourth-order valence-electron chi connectivity index (χ4n) is 5.42. The van der Waals surface area contributed by atoms with Gasteiger partial charge in [0.15, 0.2) is 0 Å². The molecular weight excluding hydrogens is 570 g/mol. The van der Waals surface area contributed by atoms with E-state index in [4.69, 9.17) is 11.6 Å². The quantitative estimate of drug-likeness (QED) is 0.272. The SMILES string of the molecule is CC[C@@H](C(=O)NC1CCCCC1)N(Cc1ccccc1C)C(=O)CN(c1ccc(C)c(Cl)c1)S(=O)(=O)c1ccccc1. The summed E-state index contributed by atoms with van der Waals surface area (Å²) in [5.74, 6) is -0.678. The molecule has 2 amide bonds. The minimum absolute atomic E-state index is 0.0574. The van der Waals surface area contributed by atoms with Crippen molar-refractivity contribution in [3.63, 3.8) is 0 Å². The van der Waals surface area contributed by atoms with Crippen LogP contribution in [0.4, 0.5) is 5.69 Å². The molecule has 0 heterocycles. The summed E-state index contributed by atoms with van der Waals surface area (Å²) < 4.78 is 29.0. The van der Waals surface area contributed by atoms with Gasteiger partial charge in [0.1, 0.15) is 12.6 Å². The second kappa shape index (κ2) is 14.2. The van der Waals surface area contributed by atoms with Crippen molar-refractivity contribution in [3.05, 3.63) is 94.5 Å². The third kappa shape index (κ3) is 7.53. The summed E-state index contributed by atoms with van der Waals surface area (Å²) in [6.45, 7) is 5.35. The minimum atomic E-state index is -4.14. The van der Waals surface area contributed by atoms with Crippen LogP contribution in [0.1, 0.15) is 62.1 Å². The number of carbonyl (C=O) groups excluding carboxylic acids is 2. The Labute approximate surface area is 254 Å². The van der Waals surface area contributed by atoms with Crippen LogP contribution in [0.25, 0.3) is 0 Å². The molecular formula is C33H40ClN3O4S. The highest BCUT2D eigenvalue weighted by atomic mass is 35.5. The highest BCUT2D eigenvalue weighted by Crippen LogP contribution is 2.29. The van der Waals surface area contributed by atoms with Gasteiger partial charge in [0.2, 0.25) is 11.8 Å². The lowest BCUT2D eigenvalue weighted by atomic mass is 9.95. The Kier molecular flexibility index (Phi) is 10.7. The molecule has 1 aliphatic carbocycles. The summed E-state index contributed by atoms with van der Waals surface area (Å²) in [5, 5.41) is 3.57. The number of amides is 2. The van der Waals surface area contributed by atoms with Gasteiger partial charge in [0.25, 0.3) is 10.0 Å². The number of hydrogen-bond donors (Lipinski definition) is 1. The van der Waals surface area contributed by atoms with E-state index in [2.05, 4.69) is 5.32 Å². The first-order valence-corrected chi connectivity index (χ1v) is 16.4. The Hall–Kier alpha value is -3.36. The van der Waals surface area contributed by atoms with Crippen LogP contribution in [0.5, 0.6) is 0 Å². The highest BCUT2D eigenvalue weighted by molar-refractivity contribution is 7.92. The van der Waals surface area contributed by atoms with Crippen molar-refractivity contribution in [1.29, 1.82) is 0 Å². The molecule has 1 atom stereocenters. The van der Waals surface area contributed by atoms with Crippen LogP contribution in [0.2, 0.25) is 5.02 Å². The Morgan fingerprint density at radius 2 is 1.60 bits per heavy atom. The van der Waals surface area contributed by atoms with Crippen molar-refractivity contribution in [2.24, 2.45) is 0 Å². The van der Waals surface area contributed by atoms with Crippen LogP contribution in [0.3, 0.4) is 0 Å². The molecule has 0 spiro atoms. The van der Waals surface area contributed by atoms with E-state index in [0.29, 0.717) is 11.4 Å². The first kappa shape index (κ1) is 31.6. The van der Waals surface area contributed by atoms with E-state index in [1.165, 1.54) is 17.0 Å². The van der Waals surface area contributed by atoms with Gasteiger partial charge in [-0.3, -0.25) is 13.9 Å². The molecule has 4 rings (SSSR count). The van der Waals surface area contributed by atoms with Gasteiger partial charge in [-0.05, 0) is 74.1 Å². The van der Waals surface area contributed by atoms with Crippen molar-refractivity contribution in [3.8, 4) is 0 Å². The molecule has 1 fully saturated rings. The summed E-state index contributed by atoms with van der Waals surface area (Å²) in [6.07, 6.45) is 5.53. The minimum Gasteiger partial charge on any atom is -0.352 e. The smallest absolute Gasteiger partial charge is 0.264 e. The first-order valence-electron chi connectivity index (χ1n) is 14.6. The number of hydrogen-bond acceptors (Lipinski definition) is 4. The molecule has 0 aromatic heterocycles. The molecule has 224 valence electrons. The molecule has 7 nitrogen and oxygen atoms in total. The molecule has 3 aromatic carbocycles. The van der Waals surface area contributed by atoms with E-state index in [1.54, 1.807) is 36.4 Å². The molecule has 1 aliphatic rings. The maximum atomic E-state index is 14.3. The summed E-state index contributed by atoms with van der Waals surface area (Å²) >= 11 is 6.42. The third-order valence-corrected chi connectivity index (χ3v) is 10.2. The summed E-state index contributed by atoms with van der Waals surface area (Å²) in [5.41, 5.74) is 2.94. The molecule has 1 saturated carbocycles. The fourth-order valence-corrected chi connectivity index (χ4v) is 7.02. The predicted octanol–water partition coefficient (Wildman–Crippen LogP) is 6.41. The van der Waals surface area contributed by atoms with Gasteiger partial charge in [-0.15, -0.1) is 0 Å². The van der Waals surface area contributed by atoms with Crippen LogP contribution >= 0.6 is 11.6 Å². The van der Waals surface area contributed by atoms with E-state index in [-0.39, 0.29) is 29.1 Å². The molecule has 0 aliphatic heterocycles. The number of anilines is 1. The number of rotatable bonds is 11. The molecule has 0 saturated heterocycles. The van der Waals surface area contributed by atoms with Gasteiger partial charge >= 0.3 is 0 Å². The summed E-state index contributed by atoms with van der Waals surface area (Å²) in [7, 11) is -4.14. The largest absolute Gasteiger partial charge is 0.352 e. The van der Waals surface area contributed by atoms with Crippen molar-refractivity contribution in [2.75, 3.05) is 10.8 Å². The zero-order valence-corrected chi connectivity index (χ0v) is 26.1. The number of nitrogens with zero attached hydrogens (tertiary/aromatic N) is 2. The van der Waals surface area contributed by atoms with Crippen molar-refractivity contribution < 1.29 is 18.0 Å². The second-order valence-corrected chi connectivity index (χ2v) is 13.2. The zero-order valence-electron chi connectivity index (χ0n) is 24.6. The van der Waals surface area contributed by atoms with Crippen molar-refractivity contribution in [1.82, 2.24) is 10.2 Å². The number of benzene rings is 3. The Morgan fingerprint density at radius 3 is 2.24 bits per heavy atom. The fraction of sp³-hybridized carbons (Fsp3) is 0.394. The summed E-state index contributed by atoms with van der Waals surface area (Å²) in [4.78, 5) is 29.5. The van der Waals surface area contributed by atoms with Gasteiger partial charge in [0.05, 0.1) is 10.6 Å². The lowest BCUT2D eigenvalue weighted by molar-refractivity contribution is -0.140. The second-order valence-electron chi connectivity index (χ2n) is 11.0. The molecule has 9 heteroatoms. The zero-order chi connectivity index (χ0) is 30.3. The maximum absolute atomic E-state index is 14.3. The molecule has 0 unspecified atom stereocenters. The normalized spacial score (nSPS) is 14.7.